The van der Waals surface area contributed by atoms with Crippen LogP contribution in [-0.2, 0) is 23.5 Å². The molecule has 0 spiro atoms. The van der Waals surface area contributed by atoms with E-state index >= 15 is 0 Å². The summed E-state index contributed by atoms with van der Waals surface area (Å²) in [6.45, 7) is 10.5. The number of rotatable bonds is 10. The molecule has 0 aliphatic carbocycles. The lowest BCUT2D eigenvalue weighted by atomic mass is 10.1. The summed E-state index contributed by atoms with van der Waals surface area (Å²) in [5.74, 6) is -0.873. The molecule has 5 nitrogen and oxygen atoms in total. The maximum absolute atomic E-state index is 12.7. The number of carbonyl (C=O) groups is 2. The predicted octanol–water partition coefficient (Wildman–Crippen LogP) is 4.62. The van der Waals surface area contributed by atoms with E-state index in [0.717, 1.165) is 10.4 Å². The fraction of sp³-hybridized carbons (Fsp3) is 0.407. The molecule has 0 N–H and O–H groups in total. The van der Waals surface area contributed by atoms with Crippen molar-refractivity contribution in [2.24, 2.45) is 5.92 Å². The average Bonchev–Trinajstić information content (AvgIpc) is 2.82. The van der Waals surface area contributed by atoms with E-state index in [-0.39, 0.29) is 17.6 Å². The Morgan fingerprint density at radius 2 is 1.47 bits per heavy atom. The standard InChI is InChI=1S/C27H35BrO5Si/c1-20(2)25(28)26(30)33-21(17-18-24(29)31-6)19-32-34(27(3,4)5,22-13-9-7-10-14-22)23-15-11-8-12-16-23/h7-18,20-21,25H,19H2,1-6H3/b18-17+/t21-,25?/m1/s1. The summed E-state index contributed by atoms with van der Waals surface area (Å²) in [4.78, 5) is 24.0. The second-order valence-corrected chi connectivity index (χ2v) is 14.8. The van der Waals surface area contributed by atoms with Crippen LogP contribution >= 0.6 is 15.9 Å². The second kappa shape index (κ2) is 12.5. The van der Waals surface area contributed by atoms with Crippen LogP contribution in [0.2, 0.25) is 5.04 Å². The zero-order valence-electron chi connectivity index (χ0n) is 20.8. The fourth-order valence-corrected chi connectivity index (χ4v) is 8.52. The first kappa shape index (κ1) is 28.0. The summed E-state index contributed by atoms with van der Waals surface area (Å²) < 4.78 is 17.4. The summed E-state index contributed by atoms with van der Waals surface area (Å²) in [5, 5.41) is 2.01. The van der Waals surface area contributed by atoms with Gasteiger partial charge < -0.3 is 13.9 Å². The Bertz CT molecular complexity index is 914. The fourth-order valence-electron chi connectivity index (χ4n) is 3.84. The molecular formula is C27H35BrO5Si. The van der Waals surface area contributed by atoms with Crippen molar-refractivity contribution in [2.75, 3.05) is 13.7 Å². The van der Waals surface area contributed by atoms with Gasteiger partial charge in [-0.1, -0.05) is 111 Å². The van der Waals surface area contributed by atoms with Gasteiger partial charge in [-0.3, -0.25) is 4.79 Å². The van der Waals surface area contributed by atoms with Gasteiger partial charge in [-0.25, -0.2) is 4.79 Å². The zero-order chi connectivity index (χ0) is 25.4. The first-order chi connectivity index (χ1) is 16.0. The Morgan fingerprint density at radius 3 is 1.88 bits per heavy atom. The van der Waals surface area contributed by atoms with Crippen molar-refractivity contribution in [2.45, 2.75) is 50.6 Å². The molecule has 7 heteroatoms. The van der Waals surface area contributed by atoms with Crippen LogP contribution in [0.25, 0.3) is 0 Å². The molecule has 2 aromatic carbocycles. The third-order valence-electron chi connectivity index (χ3n) is 5.61. The minimum atomic E-state index is -2.83. The molecule has 0 saturated heterocycles. The van der Waals surface area contributed by atoms with Gasteiger partial charge in [-0.2, -0.15) is 0 Å². The molecule has 0 radical (unpaired) electrons. The zero-order valence-corrected chi connectivity index (χ0v) is 23.4. The number of esters is 2. The van der Waals surface area contributed by atoms with Gasteiger partial charge in [0.15, 0.2) is 0 Å². The first-order valence-corrected chi connectivity index (χ1v) is 14.2. The van der Waals surface area contributed by atoms with E-state index < -0.39 is 31.2 Å². The number of methoxy groups -OCH3 is 1. The highest BCUT2D eigenvalue weighted by atomic mass is 79.9. The van der Waals surface area contributed by atoms with Crippen LogP contribution in [0.3, 0.4) is 0 Å². The molecule has 0 heterocycles. The Morgan fingerprint density at radius 1 is 0.971 bits per heavy atom. The van der Waals surface area contributed by atoms with Gasteiger partial charge in [0.2, 0.25) is 0 Å². The number of hydrogen-bond acceptors (Lipinski definition) is 5. The normalized spacial score (nSPS) is 14.1. The first-order valence-electron chi connectivity index (χ1n) is 11.4. The smallest absolute Gasteiger partial charge is 0.330 e. The maximum Gasteiger partial charge on any atom is 0.330 e. The predicted molar refractivity (Wildman–Crippen MR) is 142 cm³/mol. The quantitative estimate of drug-likeness (QED) is 0.188. The third-order valence-corrected chi connectivity index (χ3v) is 12.0. The van der Waals surface area contributed by atoms with Crippen molar-refractivity contribution in [1.82, 2.24) is 0 Å². The highest BCUT2D eigenvalue weighted by Crippen LogP contribution is 2.37. The molecule has 2 rings (SSSR count). The summed E-state index contributed by atoms with van der Waals surface area (Å²) in [6, 6.07) is 20.4. The summed E-state index contributed by atoms with van der Waals surface area (Å²) in [6.07, 6.45) is 2.04. The minimum Gasteiger partial charge on any atom is -0.466 e. The number of ether oxygens (including phenoxy) is 2. The van der Waals surface area contributed by atoms with Crippen molar-refractivity contribution in [3.05, 3.63) is 72.8 Å². The van der Waals surface area contributed by atoms with E-state index in [1.807, 2.05) is 50.2 Å². The Kier molecular flexibility index (Phi) is 10.3. The molecule has 2 atom stereocenters. The maximum atomic E-state index is 12.7. The SMILES string of the molecule is COC(=O)/C=C/[C@H](CO[Si](c1ccccc1)(c1ccccc1)C(C)(C)C)OC(=O)C(Br)C(C)C. The van der Waals surface area contributed by atoms with Gasteiger partial charge in [-0.05, 0) is 27.4 Å². The molecule has 0 bridgehead atoms. The molecule has 0 aromatic heterocycles. The molecule has 34 heavy (non-hydrogen) atoms. The second-order valence-electron chi connectivity index (χ2n) is 9.48. The van der Waals surface area contributed by atoms with Gasteiger partial charge in [0, 0.05) is 6.08 Å². The number of benzene rings is 2. The number of carbonyl (C=O) groups excluding carboxylic acids is 2. The van der Waals surface area contributed by atoms with Gasteiger partial charge in [-0.15, -0.1) is 0 Å². The summed E-state index contributed by atoms with van der Waals surface area (Å²) >= 11 is 3.40. The Hall–Kier alpha value is -2.22. The van der Waals surface area contributed by atoms with E-state index in [9.17, 15) is 9.59 Å². The van der Waals surface area contributed by atoms with Crippen molar-refractivity contribution in [3.8, 4) is 0 Å². The molecule has 1 unspecified atom stereocenters. The van der Waals surface area contributed by atoms with E-state index in [0.29, 0.717) is 0 Å². The monoisotopic (exact) mass is 546 g/mol. The molecule has 0 fully saturated rings. The lowest BCUT2D eigenvalue weighted by Crippen LogP contribution is -2.67. The largest absolute Gasteiger partial charge is 0.466 e. The van der Waals surface area contributed by atoms with Crippen molar-refractivity contribution >= 4 is 46.6 Å². The van der Waals surface area contributed by atoms with Crippen molar-refractivity contribution < 1.29 is 23.5 Å². The van der Waals surface area contributed by atoms with Crippen LogP contribution in [0.5, 0.6) is 0 Å². The number of halogens is 1. The summed E-state index contributed by atoms with van der Waals surface area (Å²) in [7, 11) is -1.52. The summed E-state index contributed by atoms with van der Waals surface area (Å²) in [5.41, 5.74) is 0. The van der Waals surface area contributed by atoms with Crippen LogP contribution in [0.15, 0.2) is 72.8 Å². The molecule has 2 aromatic rings. The number of alkyl halides is 1. The Labute approximate surface area is 212 Å². The van der Waals surface area contributed by atoms with Gasteiger partial charge in [0.25, 0.3) is 8.32 Å². The molecule has 0 aliphatic rings. The van der Waals surface area contributed by atoms with Gasteiger partial charge in [0.05, 0.1) is 13.7 Å². The van der Waals surface area contributed by atoms with E-state index in [1.165, 1.54) is 19.3 Å². The average molecular weight is 548 g/mol. The van der Waals surface area contributed by atoms with Crippen molar-refractivity contribution in [3.63, 3.8) is 0 Å². The van der Waals surface area contributed by atoms with Crippen LogP contribution < -0.4 is 10.4 Å². The van der Waals surface area contributed by atoms with E-state index in [1.54, 1.807) is 0 Å². The van der Waals surface area contributed by atoms with Crippen LogP contribution in [0.4, 0.5) is 0 Å². The molecule has 0 saturated carbocycles. The van der Waals surface area contributed by atoms with Crippen LogP contribution in [0, 0.1) is 5.92 Å². The highest BCUT2D eigenvalue weighted by molar-refractivity contribution is 9.10. The van der Waals surface area contributed by atoms with Crippen LogP contribution in [0.1, 0.15) is 34.6 Å². The third kappa shape index (κ3) is 6.90. The Balaban J connectivity index is 2.49. The van der Waals surface area contributed by atoms with E-state index in [2.05, 4.69) is 61.0 Å². The van der Waals surface area contributed by atoms with Gasteiger partial charge >= 0.3 is 11.9 Å². The molecule has 0 aliphatic heterocycles. The molecule has 184 valence electrons. The highest BCUT2D eigenvalue weighted by Gasteiger charge is 2.50. The lowest BCUT2D eigenvalue weighted by Gasteiger charge is -2.43. The van der Waals surface area contributed by atoms with Crippen molar-refractivity contribution in [1.29, 1.82) is 0 Å². The van der Waals surface area contributed by atoms with E-state index in [4.69, 9.17) is 13.9 Å². The van der Waals surface area contributed by atoms with Gasteiger partial charge in [0.1, 0.15) is 10.9 Å². The lowest BCUT2D eigenvalue weighted by molar-refractivity contribution is -0.148. The molecule has 0 amide bonds. The minimum absolute atomic E-state index is 0.0512. The topological polar surface area (TPSA) is 61.8 Å². The van der Waals surface area contributed by atoms with Crippen LogP contribution in [-0.4, -0.2) is 44.9 Å². The molecular weight excluding hydrogens is 512 g/mol. The number of hydrogen-bond donors (Lipinski definition) is 0.